The standard InChI is InChI=1S/C27H36N2O5S/c1-5-9-16-34-20-13-12-19(18-21(20)33-8-4)24-23(25(30)22-11-10-17-35-22)26(31)27(32)29(24)15-14-28(6-2)7-3/h10-13,17-18,24,31H,5-9,14-16H2,1-4H3. The van der Waals surface area contributed by atoms with Crippen molar-refractivity contribution in [2.75, 3.05) is 39.4 Å². The molecular formula is C27H36N2O5S. The Morgan fingerprint density at radius 2 is 1.89 bits per heavy atom. The summed E-state index contributed by atoms with van der Waals surface area (Å²) in [4.78, 5) is 30.9. The number of ether oxygens (including phenoxy) is 2. The fraction of sp³-hybridized carbons (Fsp3) is 0.481. The monoisotopic (exact) mass is 500 g/mol. The molecule has 190 valence electrons. The van der Waals surface area contributed by atoms with E-state index in [9.17, 15) is 14.7 Å². The molecule has 3 rings (SSSR count). The van der Waals surface area contributed by atoms with Gasteiger partial charge in [-0.2, -0.15) is 0 Å². The Bertz CT molecular complexity index is 1030. The van der Waals surface area contributed by atoms with Gasteiger partial charge in [-0.3, -0.25) is 9.59 Å². The van der Waals surface area contributed by atoms with Crippen LogP contribution in [0.3, 0.4) is 0 Å². The Labute approximate surface area is 212 Å². The first-order chi connectivity index (χ1) is 17.0. The lowest BCUT2D eigenvalue weighted by Crippen LogP contribution is -2.38. The zero-order chi connectivity index (χ0) is 25.4. The van der Waals surface area contributed by atoms with Crippen molar-refractivity contribution in [2.45, 2.75) is 46.6 Å². The summed E-state index contributed by atoms with van der Waals surface area (Å²) in [6.07, 6.45) is 1.95. The molecule has 35 heavy (non-hydrogen) atoms. The molecule has 0 fully saturated rings. The van der Waals surface area contributed by atoms with E-state index in [1.54, 1.807) is 17.0 Å². The maximum atomic E-state index is 13.4. The highest BCUT2D eigenvalue weighted by Crippen LogP contribution is 2.42. The number of hydrogen-bond acceptors (Lipinski definition) is 7. The number of aliphatic hydroxyl groups is 1. The first-order valence-corrected chi connectivity index (χ1v) is 13.3. The smallest absolute Gasteiger partial charge is 0.290 e. The molecule has 1 aromatic carbocycles. The summed E-state index contributed by atoms with van der Waals surface area (Å²) in [5.41, 5.74) is 0.812. The fourth-order valence-corrected chi connectivity index (χ4v) is 4.88. The zero-order valence-electron chi connectivity index (χ0n) is 21.1. The van der Waals surface area contributed by atoms with Gasteiger partial charge in [-0.1, -0.05) is 39.3 Å². The molecule has 1 amide bonds. The van der Waals surface area contributed by atoms with Crippen LogP contribution in [0.25, 0.3) is 0 Å². The Morgan fingerprint density at radius 1 is 1.11 bits per heavy atom. The second-order valence-corrected chi connectivity index (χ2v) is 9.29. The van der Waals surface area contributed by atoms with Crippen LogP contribution in [-0.4, -0.2) is 66.0 Å². The van der Waals surface area contributed by atoms with Crippen molar-refractivity contribution < 1.29 is 24.2 Å². The predicted molar refractivity (Wildman–Crippen MR) is 139 cm³/mol. The number of benzene rings is 1. The van der Waals surface area contributed by atoms with Crippen molar-refractivity contribution in [2.24, 2.45) is 0 Å². The van der Waals surface area contributed by atoms with Crippen molar-refractivity contribution in [1.82, 2.24) is 9.80 Å². The Kier molecular flexibility index (Phi) is 9.74. The minimum absolute atomic E-state index is 0.110. The van der Waals surface area contributed by atoms with Crippen LogP contribution in [0.4, 0.5) is 0 Å². The van der Waals surface area contributed by atoms with Crippen LogP contribution >= 0.6 is 11.3 Å². The summed E-state index contributed by atoms with van der Waals surface area (Å²) in [5.74, 6) is -0.145. The molecule has 0 bridgehead atoms. The molecule has 1 aliphatic rings. The minimum Gasteiger partial charge on any atom is -0.503 e. The van der Waals surface area contributed by atoms with Gasteiger partial charge in [0.1, 0.15) is 0 Å². The molecule has 0 aliphatic carbocycles. The summed E-state index contributed by atoms with van der Waals surface area (Å²) >= 11 is 1.29. The third-order valence-electron chi connectivity index (χ3n) is 6.18. The summed E-state index contributed by atoms with van der Waals surface area (Å²) in [5, 5.41) is 12.7. The zero-order valence-corrected chi connectivity index (χ0v) is 21.9. The summed E-state index contributed by atoms with van der Waals surface area (Å²) in [7, 11) is 0. The molecule has 1 N–H and O–H groups in total. The number of nitrogens with zero attached hydrogens (tertiary/aromatic N) is 2. The molecule has 2 heterocycles. The third kappa shape index (κ3) is 6.05. The van der Waals surface area contributed by atoms with Crippen LogP contribution in [0.2, 0.25) is 0 Å². The van der Waals surface area contributed by atoms with Gasteiger partial charge in [-0.15, -0.1) is 11.3 Å². The van der Waals surface area contributed by atoms with Gasteiger partial charge in [0.25, 0.3) is 5.91 Å². The van der Waals surface area contributed by atoms with Gasteiger partial charge in [-0.25, -0.2) is 0 Å². The van der Waals surface area contributed by atoms with E-state index in [0.29, 0.717) is 48.2 Å². The van der Waals surface area contributed by atoms with Crippen molar-refractivity contribution in [3.8, 4) is 11.5 Å². The second kappa shape index (κ2) is 12.7. The van der Waals surface area contributed by atoms with Gasteiger partial charge in [0.15, 0.2) is 17.3 Å². The van der Waals surface area contributed by atoms with E-state index < -0.39 is 17.7 Å². The van der Waals surface area contributed by atoms with Crippen molar-refractivity contribution in [3.63, 3.8) is 0 Å². The average Bonchev–Trinajstić information content (AvgIpc) is 3.48. The number of likely N-dealkylation sites (N-methyl/N-ethyl adjacent to an activating group) is 1. The molecule has 0 radical (unpaired) electrons. The first kappa shape index (κ1) is 26.8. The number of carbonyl (C=O) groups is 2. The largest absolute Gasteiger partial charge is 0.503 e. The molecule has 1 unspecified atom stereocenters. The SMILES string of the molecule is CCCCOc1ccc(C2C(C(=O)c3cccs3)=C(O)C(=O)N2CCN(CC)CC)cc1OCC. The van der Waals surface area contributed by atoms with Gasteiger partial charge in [0.05, 0.1) is 29.7 Å². The van der Waals surface area contributed by atoms with E-state index in [2.05, 4.69) is 25.7 Å². The van der Waals surface area contributed by atoms with Gasteiger partial charge in [0, 0.05) is 13.1 Å². The van der Waals surface area contributed by atoms with Crippen LogP contribution in [0.1, 0.15) is 61.8 Å². The second-order valence-electron chi connectivity index (χ2n) is 8.34. The maximum absolute atomic E-state index is 13.4. The highest BCUT2D eigenvalue weighted by molar-refractivity contribution is 7.12. The summed E-state index contributed by atoms with van der Waals surface area (Å²) < 4.78 is 11.8. The highest BCUT2D eigenvalue weighted by Gasteiger charge is 2.44. The minimum atomic E-state index is -0.712. The Hall–Kier alpha value is -2.84. The quantitative estimate of drug-likeness (QED) is 0.282. The molecule has 1 aliphatic heterocycles. The van der Waals surface area contributed by atoms with Gasteiger partial charge < -0.3 is 24.4 Å². The van der Waals surface area contributed by atoms with Crippen LogP contribution < -0.4 is 9.47 Å². The van der Waals surface area contributed by atoms with Crippen LogP contribution in [0.5, 0.6) is 11.5 Å². The number of carbonyl (C=O) groups excluding carboxylic acids is 2. The van der Waals surface area contributed by atoms with Crippen molar-refractivity contribution in [1.29, 1.82) is 0 Å². The molecule has 0 spiro atoms. The molecule has 2 aromatic rings. The molecular weight excluding hydrogens is 464 g/mol. The molecule has 1 aromatic heterocycles. The normalized spacial score (nSPS) is 15.9. The van der Waals surface area contributed by atoms with Crippen LogP contribution in [0.15, 0.2) is 47.0 Å². The lowest BCUT2D eigenvalue weighted by atomic mass is 9.95. The number of ketones is 1. The third-order valence-corrected chi connectivity index (χ3v) is 7.05. The Balaban J connectivity index is 2.03. The lowest BCUT2D eigenvalue weighted by Gasteiger charge is -2.29. The van der Waals surface area contributed by atoms with Gasteiger partial charge >= 0.3 is 0 Å². The van der Waals surface area contributed by atoms with Crippen molar-refractivity contribution in [3.05, 3.63) is 57.5 Å². The van der Waals surface area contributed by atoms with Gasteiger partial charge in [-0.05, 0) is 55.6 Å². The van der Waals surface area contributed by atoms with Crippen LogP contribution in [-0.2, 0) is 4.79 Å². The van der Waals surface area contributed by atoms with E-state index in [4.69, 9.17) is 9.47 Å². The highest BCUT2D eigenvalue weighted by atomic mass is 32.1. The topological polar surface area (TPSA) is 79.3 Å². The lowest BCUT2D eigenvalue weighted by molar-refractivity contribution is -0.129. The molecule has 0 saturated heterocycles. The molecule has 0 saturated carbocycles. The predicted octanol–water partition coefficient (Wildman–Crippen LogP) is 5.25. The molecule has 1 atom stereocenters. The average molecular weight is 501 g/mol. The Morgan fingerprint density at radius 3 is 2.51 bits per heavy atom. The maximum Gasteiger partial charge on any atom is 0.290 e. The van der Waals surface area contributed by atoms with E-state index in [0.717, 1.165) is 25.9 Å². The number of unbranched alkanes of at least 4 members (excludes halogenated alkanes) is 1. The summed E-state index contributed by atoms with van der Waals surface area (Å²) in [6, 6.07) is 8.29. The fourth-order valence-electron chi connectivity index (χ4n) is 4.20. The van der Waals surface area contributed by atoms with Crippen molar-refractivity contribution >= 4 is 23.0 Å². The number of amides is 1. The van der Waals surface area contributed by atoms with E-state index in [1.165, 1.54) is 11.3 Å². The van der Waals surface area contributed by atoms with Gasteiger partial charge in [0.2, 0.25) is 5.78 Å². The number of aliphatic hydroxyl groups excluding tert-OH is 1. The van der Waals surface area contributed by atoms with E-state index in [-0.39, 0.29) is 11.4 Å². The van der Waals surface area contributed by atoms with Crippen LogP contribution in [0, 0.1) is 0 Å². The molecule has 8 heteroatoms. The summed E-state index contributed by atoms with van der Waals surface area (Å²) in [6.45, 7) is 11.9. The number of thiophene rings is 1. The number of rotatable bonds is 14. The number of Topliss-reactive ketones (excluding diaryl/α,β-unsaturated/α-hetero) is 1. The number of hydrogen-bond donors (Lipinski definition) is 1. The molecule has 7 nitrogen and oxygen atoms in total. The first-order valence-electron chi connectivity index (χ1n) is 12.4. The van der Waals surface area contributed by atoms with E-state index >= 15 is 0 Å². The van der Waals surface area contributed by atoms with E-state index in [1.807, 2.05) is 30.5 Å².